The van der Waals surface area contributed by atoms with Gasteiger partial charge < -0.3 is 10.0 Å². The van der Waals surface area contributed by atoms with Crippen LogP contribution in [0.25, 0.3) is 0 Å². The Morgan fingerprint density at radius 3 is 2.63 bits per heavy atom. The van der Waals surface area contributed by atoms with E-state index in [4.69, 9.17) is 11.5 Å². The van der Waals surface area contributed by atoms with E-state index in [1.54, 1.807) is 11.8 Å². The first-order valence-electron chi connectivity index (χ1n) is 5.63. The summed E-state index contributed by atoms with van der Waals surface area (Å²) in [5.74, 6) is 1.24. The van der Waals surface area contributed by atoms with Gasteiger partial charge in [-0.15, -0.1) is 6.42 Å². The average molecular weight is 262 g/mol. The largest absolute Gasteiger partial charge is 0.478 e. The summed E-state index contributed by atoms with van der Waals surface area (Å²) in [6.07, 6.45) is 5.25. The van der Waals surface area contributed by atoms with Gasteiger partial charge in [-0.05, 0) is 19.9 Å². The molecule has 0 unspecified atom stereocenters. The number of benzene rings is 1. The number of hydrogen-bond donors (Lipinski definition) is 1. The van der Waals surface area contributed by atoms with Gasteiger partial charge in [0.1, 0.15) is 0 Å². The Labute approximate surface area is 110 Å². The second-order valence-corrected chi connectivity index (χ2v) is 3.92. The standard InChI is InChI=1S/C13H14N2O4/c1-4-6-14(5-2)11-7-10(13(16)17)8-12(9(11)3)15(18)19/h1,7-8H,5-6H2,2-3H3,(H,16,17). The zero-order valence-corrected chi connectivity index (χ0v) is 10.7. The molecular weight excluding hydrogens is 248 g/mol. The minimum absolute atomic E-state index is 0.122. The van der Waals surface area contributed by atoms with E-state index in [1.807, 2.05) is 6.92 Å². The van der Waals surface area contributed by atoms with Crippen molar-refractivity contribution in [3.05, 3.63) is 33.4 Å². The van der Waals surface area contributed by atoms with Crippen molar-refractivity contribution in [2.75, 3.05) is 18.0 Å². The molecule has 1 aromatic rings. The van der Waals surface area contributed by atoms with Crippen LogP contribution in [-0.2, 0) is 0 Å². The highest BCUT2D eigenvalue weighted by atomic mass is 16.6. The number of aromatic carboxylic acids is 1. The number of nitrogens with zero attached hydrogens (tertiary/aromatic N) is 2. The molecule has 0 bridgehead atoms. The molecule has 6 nitrogen and oxygen atoms in total. The summed E-state index contributed by atoms with van der Waals surface area (Å²) < 4.78 is 0. The summed E-state index contributed by atoms with van der Waals surface area (Å²) >= 11 is 0. The van der Waals surface area contributed by atoms with Gasteiger partial charge in [-0.3, -0.25) is 10.1 Å². The third kappa shape index (κ3) is 3.01. The first-order chi connectivity index (χ1) is 8.92. The number of nitro groups is 1. The van der Waals surface area contributed by atoms with Crippen molar-refractivity contribution in [2.24, 2.45) is 0 Å². The molecule has 0 saturated heterocycles. The van der Waals surface area contributed by atoms with Crippen molar-refractivity contribution in [2.45, 2.75) is 13.8 Å². The first-order valence-corrected chi connectivity index (χ1v) is 5.63. The van der Waals surface area contributed by atoms with Gasteiger partial charge in [0.05, 0.1) is 22.6 Å². The number of carbonyl (C=O) groups is 1. The molecule has 100 valence electrons. The molecule has 0 radical (unpaired) electrons. The van der Waals surface area contributed by atoms with E-state index in [0.29, 0.717) is 17.8 Å². The molecule has 1 N–H and O–H groups in total. The summed E-state index contributed by atoms with van der Waals surface area (Å²) in [4.78, 5) is 23.1. The Kier molecular flexibility index (Phi) is 4.48. The van der Waals surface area contributed by atoms with E-state index in [9.17, 15) is 14.9 Å². The van der Waals surface area contributed by atoms with Crippen LogP contribution in [-0.4, -0.2) is 29.1 Å². The summed E-state index contributed by atoms with van der Waals surface area (Å²) in [5, 5.41) is 20.0. The lowest BCUT2D eigenvalue weighted by Gasteiger charge is -2.22. The zero-order chi connectivity index (χ0) is 14.6. The quantitative estimate of drug-likeness (QED) is 0.499. The molecule has 0 aliphatic carbocycles. The number of carboxylic acid groups (broad SMARTS) is 1. The van der Waals surface area contributed by atoms with Crippen LogP contribution < -0.4 is 4.90 Å². The van der Waals surface area contributed by atoms with E-state index in [0.717, 1.165) is 6.07 Å². The van der Waals surface area contributed by atoms with Crippen molar-refractivity contribution < 1.29 is 14.8 Å². The molecule has 6 heteroatoms. The number of anilines is 1. The van der Waals surface area contributed by atoms with Crippen molar-refractivity contribution >= 4 is 17.3 Å². The molecule has 0 spiro atoms. The Morgan fingerprint density at radius 2 is 2.21 bits per heavy atom. The Bertz CT molecular complexity index is 560. The minimum atomic E-state index is -1.21. The molecule has 0 saturated carbocycles. The van der Waals surface area contributed by atoms with Crippen LogP contribution in [0.4, 0.5) is 11.4 Å². The van der Waals surface area contributed by atoms with E-state index in [-0.39, 0.29) is 17.8 Å². The maximum absolute atomic E-state index is 11.0. The van der Waals surface area contributed by atoms with Gasteiger partial charge in [-0.2, -0.15) is 0 Å². The number of terminal acetylenes is 1. The van der Waals surface area contributed by atoms with Crippen LogP contribution in [0.1, 0.15) is 22.8 Å². The first kappa shape index (κ1) is 14.5. The van der Waals surface area contributed by atoms with Crippen LogP contribution >= 0.6 is 0 Å². The van der Waals surface area contributed by atoms with Gasteiger partial charge in [0, 0.05) is 18.3 Å². The van der Waals surface area contributed by atoms with Crippen molar-refractivity contribution in [1.82, 2.24) is 0 Å². The van der Waals surface area contributed by atoms with Crippen LogP contribution in [0, 0.1) is 29.4 Å². The van der Waals surface area contributed by atoms with Gasteiger partial charge in [0.25, 0.3) is 5.69 Å². The van der Waals surface area contributed by atoms with Gasteiger partial charge >= 0.3 is 5.97 Å². The zero-order valence-electron chi connectivity index (χ0n) is 10.7. The van der Waals surface area contributed by atoms with Crippen LogP contribution in [0.15, 0.2) is 12.1 Å². The fourth-order valence-corrected chi connectivity index (χ4v) is 1.80. The van der Waals surface area contributed by atoms with Crippen LogP contribution in [0.5, 0.6) is 0 Å². The lowest BCUT2D eigenvalue weighted by Crippen LogP contribution is -2.24. The van der Waals surface area contributed by atoms with E-state index in [2.05, 4.69) is 5.92 Å². The number of rotatable bonds is 5. The Balaban J connectivity index is 3.49. The molecule has 0 heterocycles. The van der Waals surface area contributed by atoms with Crippen LogP contribution in [0.3, 0.4) is 0 Å². The van der Waals surface area contributed by atoms with Gasteiger partial charge in [-0.25, -0.2) is 4.79 Å². The van der Waals surface area contributed by atoms with E-state index in [1.165, 1.54) is 6.07 Å². The second-order valence-electron chi connectivity index (χ2n) is 3.92. The summed E-state index contributed by atoms with van der Waals surface area (Å²) in [6.45, 7) is 4.22. The van der Waals surface area contributed by atoms with Gasteiger partial charge in [0.2, 0.25) is 0 Å². The summed E-state index contributed by atoms with van der Waals surface area (Å²) in [6, 6.07) is 2.47. The van der Waals surface area contributed by atoms with Gasteiger partial charge in [0.15, 0.2) is 0 Å². The molecule has 0 amide bonds. The molecular formula is C13H14N2O4. The van der Waals surface area contributed by atoms with Gasteiger partial charge in [-0.1, -0.05) is 5.92 Å². The summed E-state index contributed by atoms with van der Waals surface area (Å²) in [7, 11) is 0. The molecule has 1 rings (SSSR count). The fraction of sp³-hybridized carbons (Fsp3) is 0.308. The topological polar surface area (TPSA) is 83.7 Å². The SMILES string of the molecule is C#CCN(CC)c1cc(C(=O)O)cc([N+](=O)[O-])c1C. The van der Waals surface area contributed by atoms with Crippen LogP contribution in [0.2, 0.25) is 0 Å². The van der Waals surface area contributed by atoms with Crippen molar-refractivity contribution in [1.29, 1.82) is 0 Å². The normalized spacial score (nSPS) is 9.74. The monoisotopic (exact) mass is 262 g/mol. The third-order valence-corrected chi connectivity index (χ3v) is 2.80. The molecule has 0 aliphatic heterocycles. The second kappa shape index (κ2) is 5.87. The predicted molar refractivity (Wildman–Crippen MR) is 71.5 cm³/mol. The van der Waals surface area contributed by atoms with Crippen molar-refractivity contribution in [3.63, 3.8) is 0 Å². The van der Waals surface area contributed by atoms with E-state index >= 15 is 0 Å². The molecule has 0 atom stereocenters. The highest BCUT2D eigenvalue weighted by molar-refractivity contribution is 5.90. The van der Waals surface area contributed by atoms with E-state index < -0.39 is 10.9 Å². The lowest BCUT2D eigenvalue weighted by atomic mass is 10.1. The predicted octanol–water partition coefficient (Wildman–Crippen LogP) is 2.06. The number of carboxylic acids is 1. The smallest absolute Gasteiger partial charge is 0.336 e. The highest BCUT2D eigenvalue weighted by Crippen LogP contribution is 2.30. The minimum Gasteiger partial charge on any atom is -0.478 e. The average Bonchev–Trinajstić information content (AvgIpc) is 2.35. The third-order valence-electron chi connectivity index (χ3n) is 2.80. The number of nitro benzene ring substituents is 1. The Morgan fingerprint density at radius 1 is 1.58 bits per heavy atom. The maximum Gasteiger partial charge on any atom is 0.336 e. The Hall–Kier alpha value is -2.55. The maximum atomic E-state index is 11.0. The highest BCUT2D eigenvalue weighted by Gasteiger charge is 2.21. The molecule has 0 aromatic heterocycles. The lowest BCUT2D eigenvalue weighted by molar-refractivity contribution is -0.385. The molecule has 19 heavy (non-hydrogen) atoms. The number of hydrogen-bond acceptors (Lipinski definition) is 4. The molecule has 0 fully saturated rings. The molecule has 1 aromatic carbocycles. The fourth-order valence-electron chi connectivity index (χ4n) is 1.80. The summed E-state index contributed by atoms with van der Waals surface area (Å²) in [5.41, 5.74) is 0.548. The molecule has 0 aliphatic rings. The van der Waals surface area contributed by atoms with Crippen molar-refractivity contribution in [3.8, 4) is 12.3 Å².